The standard InChI is InChI=1S/C14H17NO4/c1-14(2,13(17)18)15-12(16)11-10-6-4-3-5-9(10)7-8-19-11/h3-6,11H,7-8H2,1-2H3,(H,15,16)(H,17,18)/t11-/m0/s1. The van der Waals surface area contributed by atoms with Crippen LogP contribution in [0.15, 0.2) is 24.3 Å². The van der Waals surface area contributed by atoms with E-state index in [9.17, 15) is 9.59 Å². The molecule has 2 rings (SSSR count). The van der Waals surface area contributed by atoms with Crippen molar-refractivity contribution < 1.29 is 19.4 Å². The smallest absolute Gasteiger partial charge is 0.328 e. The summed E-state index contributed by atoms with van der Waals surface area (Å²) < 4.78 is 5.49. The molecule has 1 amide bonds. The maximum absolute atomic E-state index is 12.2. The van der Waals surface area contributed by atoms with Gasteiger partial charge in [-0.1, -0.05) is 24.3 Å². The van der Waals surface area contributed by atoms with Gasteiger partial charge in [-0.2, -0.15) is 0 Å². The van der Waals surface area contributed by atoms with Crippen molar-refractivity contribution in [2.45, 2.75) is 31.9 Å². The lowest BCUT2D eigenvalue weighted by Gasteiger charge is -2.28. The Morgan fingerprint density at radius 2 is 2.05 bits per heavy atom. The summed E-state index contributed by atoms with van der Waals surface area (Å²) in [5, 5.41) is 11.5. The lowest BCUT2D eigenvalue weighted by molar-refractivity contribution is -0.149. The van der Waals surface area contributed by atoms with Crippen LogP contribution in [0.4, 0.5) is 0 Å². The van der Waals surface area contributed by atoms with Crippen molar-refractivity contribution in [1.29, 1.82) is 0 Å². The predicted molar refractivity (Wildman–Crippen MR) is 68.7 cm³/mol. The van der Waals surface area contributed by atoms with Crippen LogP contribution in [0.2, 0.25) is 0 Å². The average Bonchev–Trinajstić information content (AvgIpc) is 2.37. The van der Waals surface area contributed by atoms with Crippen molar-refractivity contribution in [3.05, 3.63) is 35.4 Å². The molecule has 0 saturated heterocycles. The minimum atomic E-state index is -1.31. The SMILES string of the molecule is CC(C)(NC(=O)[C@H]1OCCc2ccccc21)C(=O)O. The first-order chi connectivity index (χ1) is 8.92. The Bertz CT molecular complexity index is 510. The molecule has 1 aromatic carbocycles. The normalized spacial score (nSPS) is 18.5. The molecule has 0 aromatic heterocycles. The zero-order chi connectivity index (χ0) is 14.0. The van der Waals surface area contributed by atoms with Gasteiger partial charge in [0.05, 0.1) is 6.61 Å². The molecule has 1 aliphatic rings. The van der Waals surface area contributed by atoms with E-state index in [2.05, 4.69) is 5.32 Å². The highest BCUT2D eigenvalue weighted by atomic mass is 16.5. The molecule has 1 aliphatic heterocycles. The number of fused-ring (bicyclic) bond motifs is 1. The lowest BCUT2D eigenvalue weighted by atomic mass is 9.96. The van der Waals surface area contributed by atoms with Gasteiger partial charge < -0.3 is 15.2 Å². The number of carboxylic acids is 1. The molecule has 0 spiro atoms. The Balaban J connectivity index is 2.20. The Morgan fingerprint density at radius 1 is 1.37 bits per heavy atom. The third-order valence-corrected chi connectivity index (χ3v) is 3.20. The second-order valence-corrected chi connectivity index (χ2v) is 5.12. The van der Waals surface area contributed by atoms with Gasteiger partial charge in [0.15, 0.2) is 6.10 Å². The average molecular weight is 263 g/mol. The van der Waals surface area contributed by atoms with Crippen LogP contribution >= 0.6 is 0 Å². The van der Waals surface area contributed by atoms with Gasteiger partial charge in [0.1, 0.15) is 5.54 Å². The van der Waals surface area contributed by atoms with Gasteiger partial charge in [0.25, 0.3) is 5.91 Å². The van der Waals surface area contributed by atoms with E-state index in [4.69, 9.17) is 9.84 Å². The fourth-order valence-electron chi connectivity index (χ4n) is 2.04. The number of ether oxygens (including phenoxy) is 1. The summed E-state index contributed by atoms with van der Waals surface area (Å²) in [6, 6.07) is 7.56. The molecule has 0 aliphatic carbocycles. The fourth-order valence-corrected chi connectivity index (χ4v) is 2.04. The zero-order valence-electron chi connectivity index (χ0n) is 11.0. The summed E-state index contributed by atoms with van der Waals surface area (Å²) in [6.45, 7) is 3.35. The number of aliphatic carboxylic acids is 1. The highest BCUT2D eigenvalue weighted by molar-refractivity contribution is 5.89. The maximum Gasteiger partial charge on any atom is 0.328 e. The van der Waals surface area contributed by atoms with Gasteiger partial charge in [-0.3, -0.25) is 4.79 Å². The summed E-state index contributed by atoms with van der Waals surface area (Å²) in [7, 11) is 0. The highest BCUT2D eigenvalue weighted by Gasteiger charge is 2.34. The number of carbonyl (C=O) groups is 2. The third-order valence-electron chi connectivity index (χ3n) is 3.20. The molecule has 0 fully saturated rings. The Hall–Kier alpha value is -1.88. The molecule has 2 N–H and O–H groups in total. The number of hydrogen-bond acceptors (Lipinski definition) is 3. The van der Waals surface area contributed by atoms with Gasteiger partial charge in [0, 0.05) is 0 Å². The molecule has 0 saturated carbocycles. The summed E-state index contributed by atoms with van der Waals surface area (Å²) in [5.74, 6) is -1.50. The van der Waals surface area contributed by atoms with Crippen LogP contribution in [0.25, 0.3) is 0 Å². The number of hydrogen-bond donors (Lipinski definition) is 2. The van der Waals surface area contributed by atoms with Crippen LogP contribution in [0.3, 0.4) is 0 Å². The van der Waals surface area contributed by atoms with Gasteiger partial charge in [-0.05, 0) is 31.4 Å². The van der Waals surface area contributed by atoms with Crippen LogP contribution in [-0.2, 0) is 20.7 Å². The van der Waals surface area contributed by atoms with Gasteiger partial charge in [0.2, 0.25) is 0 Å². The molecule has 102 valence electrons. The third kappa shape index (κ3) is 2.76. The van der Waals surface area contributed by atoms with E-state index in [1.54, 1.807) is 0 Å². The highest BCUT2D eigenvalue weighted by Crippen LogP contribution is 2.27. The molecule has 19 heavy (non-hydrogen) atoms. The second-order valence-electron chi connectivity index (χ2n) is 5.12. The van der Waals surface area contributed by atoms with Crippen molar-refractivity contribution in [3.63, 3.8) is 0 Å². The van der Waals surface area contributed by atoms with Crippen molar-refractivity contribution in [3.8, 4) is 0 Å². The van der Waals surface area contributed by atoms with E-state index in [0.29, 0.717) is 6.61 Å². The van der Waals surface area contributed by atoms with E-state index in [0.717, 1.165) is 17.5 Å². The van der Waals surface area contributed by atoms with E-state index >= 15 is 0 Å². The predicted octanol–water partition coefficient (Wildman–Crippen LogP) is 1.28. The van der Waals surface area contributed by atoms with Gasteiger partial charge in [-0.15, -0.1) is 0 Å². The Kier molecular flexibility index (Phi) is 3.57. The number of carbonyl (C=O) groups excluding carboxylic acids is 1. The largest absolute Gasteiger partial charge is 0.480 e. The second kappa shape index (κ2) is 5.01. The van der Waals surface area contributed by atoms with Crippen molar-refractivity contribution >= 4 is 11.9 Å². The van der Waals surface area contributed by atoms with Crippen LogP contribution < -0.4 is 5.32 Å². The summed E-state index contributed by atoms with van der Waals surface area (Å²) in [6.07, 6.45) is 0.0333. The van der Waals surface area contributed by atoms with Crippen LogP contribution in [0.5, 0.6) is 0 Å². The molecular formula is C14H17NO4. The first-order valence-corrected chi connectivity index (χ1v) is 6.16. The van der Waals surface area contributed by atoms with E-state index in [1.165, 1.54) is 13.8 Å². The fraction of sp³-hybridized carbons (Fsp3) is 0.429. The molecular weight excluding hydrogens is 246 g/mol. The monoisotopic (exact) mass is 263 g/mol. The summed E-state index contributed by atoms with van der Waals surface area (Å²) >= 11 is 0. The number of rotatable bonds is 3. The minimum absolute atomic E-state index is 0.417. The van der Waals surface area contributed by atoms with Crippen molar-refractivity contribution in [2.75, 3.05) is 6.61 Å². The molecule has 0 radical (unpaired) electrons. The summed E-state index contributed by atoms with van der Waals surface area (Å²) in [5.41, 5.74) is 0.571. The van der Waals surface area contributed by atoms with Gasteiger partial charge >= 0.3 is 5.97 Å². The van der Waals surface area contributed by atoms with Crippen LogP contribution in [-0.4, -0.2) is 29.1 Å². The number of nitrogens with one attached hydrogen (secondary N) is 1. The Morgan fingerprint density at radius 3 is 2.74 bits per heavy atom. The molecule has 1 aromatic rings. The summed E-state index contributed by atoms with van der Waals surface area (Å²) in [4.78, 5) is 23.2. The lowest BCUT2D eigenvalue weighted by Crippen LogP contribution is -2.51. The van der Waals surface area contributed by atoms with Crippen molar-refractivity contribution in [2.24, 2.45) is 0 Å². The minimum Gasteiger partial charge on any atom is -0.480 e. The topological polar surface area (TPSA) is 75.6 Å². The first kappa shape index (κ1) is 13.5. The quantitative estimate of drug-likeness (QED) is 0.861. The molecule has 0 unspecified atom stereocenters. The molecule has 1 atom stereocenters. The van der Waals surface area contributed by atoms with Crippen LogP contribution in [0, 0.1) is 0 Å². The molecule has 0 bridgehead atoms. The van der Waals surface area contributed by atoms with Gasteiger partial charge in [-0.25, -0.2) is 4.79 Å². The first-order valence-electron chi connectivity index (χ1n) is 6.16. The molecule has 5 nitrogen and oxygen atoms in total. The van der Waals surface area contributed by atoms with E-state index in [-0.39, 0.29) is 0 Å². The maximum atomic E-state index is 12.2. The molecule has 1 heterocycles. The zero-order valence-corrected chi connectivity index (χ0v) is 11.0. The number of amides is 1. The van der Waals surface area contributed by atoms with Crippen LogP contribution in [0.1, 0.15) is 31.1 Å². The number of carboxylic acid groups (broad SMARTS) is 1. The number of benzene rings is 1. The van der Waals surface area contributed by atoms with E-state index in [1.807, 2.05) is 24.3 Å². The molecule has 5 heteroatoms. The Labute approximate surface area is 111 Å². The van der Waals surface area contributed by atoms with Crippen molar-refractivity contribution in [1.82, 2.24) is 5.32 Å². The van der Waals surface area contributed by atoms with E-state index < -0.39 is 23.5 Å².